The maximum Gasteiger partial charge on any atom is 0.588 e. The number of hydrogen-bond donors (Lipinski definition) is 0. The van der Waals surface area contributed by atoms with Gasteiger partial charge in [-0.1, -0.05) is 66.7 Å². The normalized spacial score (nSPS) is 12.7. The van der Waals surface area contributed by atoms with Gasteiger partial charge in [-0.25, -0.2) is 14.5 Å². The average Bonchev–Trinajstić information content (AvgIpc) is 2.74. The van der Waals surface area contributed by atoms with Crippen molar-refractivity contribution in [2.24, 2.45) is 5.41 Å². The van der Waals surface area contributed by atoms with Gasteiger partial charge in [-0.2, -0.15) is 0 Å². The number of phosphoric ester groups is 1. The highest BCUT2D eigenvalue weighted by atomic mass is 31.2. The van der Waals surface area contributed by atoms with Gasteiger partial charge in [0.05, 0.1) is 5.41 Å². The fourth-order valence-corrected chi connectivity index (χ4v) is 4.28. The molecule has 0 saturated carbocycles. The summed E-state index contributed by atoms with van der Waals surface area (Å²) in [5.74, 6) is -0.841. The molecule has 0 fully saturated rings. The van der Waals surface area contributed by atoms with Crippen LogP contribution in [-0.4, -0.2) is 5.97 Å². The fourth-order valence-electron chi connectivity index (χ4n) is 2.76. The second kappa shape index (κ2) is 9.16. The molecule has 7 heteroatoms. The summed E-state index contributed by atoms with van der Waals surface area (Å²) < 4.78 is 30.8. The topological polar surface area (TPSA) is 81.7 Å². The van der Waals surface area contributed by atoms with Gasteiger partial charge in [0.1, 0.15) is 17.6 Å². The van der Waals surface area contributed by atoms with Crippen molar-refractivity contribution in [3.05, 3.63) is 96.6 Å². The molecule has 30 heavy (non-hydrogen) atoms. The second-order valence-corrected chi connectivity index (χ2v) is 8.63. The van der Waals surface area contributed by atoms with E-state index in [0.29, 0.717) is 5.56 Å². The van der Waals surface area contributed by atoms with Gasteiger partial charge in [0.15, 0.2) is 0 Å². The zero-order chi connectivity index (χ0) is 21.6. The van der Waals surface area contributed by atoms with Crippen molar-refractivity contribution in [1.29, 1.82) is 0 Å². The molecule has 0 aliphatic carbocycles. The van der Waals surface area contributed by atoms with Crippen molar-refractivity contribution in [2.75, 3.05) is 0 Å². The van der Waals surface area contributed by atoms with E-state index in [4.69, 9.17) is 13.6 Å². The monoisotopic (exact) mass is 425 g/mol. The third-order valence-electron chi connectivity index (χ3n) is 4.44. The molecular weight excluding hydrogens is 403 g/mol. The molecule has 155 valence electrons. The predicted molar refractivity (Wildman–Crippen MR) is 111 cm³/mol. The Morgan fingerprint density at radius 3 is 1.57 bits per heavy atom. The lowest BCUT2D eigenvalue weighted by atomic mass is 9.83. The summed E-state index contributed by atoms with van der Waals surface area (Å²) in [6.07, 6.45) is -1.16. The molecule has 6 nitrogen and oxygen atoms in total. The molecule has 0 saturated heterocycles. The number of phosphoric acid groups is 1. The summed E-state index contributed by atoms with van der Waals surface area (Å²) in [5, 5.41) is 11.9. The van der Waals surface area contributed by atoms with Crippen LogP contribution in [0.5, 0.6) is 11.5 Å². The lowest BCUT2D eigenvalue weighted by molar-refractivity contribution is -0.159. The Balaban J connectivity index is 2.02. The van der Waals surface area contributed by atoms with Crippen molar-refractivity contribution in [3.63, 3.8) is 0 Å². The lowest BCUT2D eigenvalue weighted by Crippen LogP contribution is -2.32. The summed E-state index contributed by atoms with van der Waals surface area (Å²) in [7, 11) is -4.31. The highest BCUT2D eigenvalue weighted by molar-refractivity contribution is 7.49. The molecule has 0 spiro atoms. The number of hydrogen-bond acceptors (Lipinski definition) is 5. The van der Waals surface area contributed by atoms with E-state index in [1.165, 1.54) is 13.8 Å². The van der Waals surface area contributed by atoms with E-state index in [9.17, 15) is 14.5 Å². The molecule has 3 rings (SSSR count). The summed E-state index contributed by atoms with van der Waals surface area (Å²) in [5.41, 5.74) is -1.03. The van der Waals surface area contributed by atoms with E-state index in [-0.39, 0.29) is 11.5 Å². The third kappa shape index (κ3) is 5.29. The van der Waals surface area contributed by atoms with Crippen LogP contribution in [0.15, 0.2) is 91.0 Å². The number of para-hydroxylation sites is 2. The molecule has 1 atom stereocenters. The van der Waals surface area contributed by atoms with Gasteiger partial charge in [-0.15, -0.1) is 0 Å². The number of carbonyl (C=O) groups is 1. The molecule has 0 amide bonds. The van der Waals surface area contributed by atoms with E-state index in [1.54, 1.807) is 91.0 Å². The zero-order valence-corrected chi connectivity index (χ0v) is 17.5. The van der Waals surface area contributed by atoms with Gasteiger partial charge in [0.25, 0.3) is 0 Å². The first-order chi connectivity index (χ1) is 14.3. The van der Waals surface area contributed by atoms with Gasteiger partial charge < -0.3 is 9.05 Å². The molecule has 3 aromatic rings. The van der Waals surface area contributed by atoms with Crippen LogP contribution in [-0.2, 0) is 19.0 Å². The summed E-state index contributed by atoms with van der Waals surface area (Å²) in [4.78, 5) is 11.9. The van der Waals surface area contributed by atoms with Crippen LogP contribution in [0.3, 0.4) is 0 Å². The van der Waals surface area contributed by atoms with Gasteiger partial charge in [-0.05, 0) is 43.7 Å². The maximum absolute atomic E-state index is 13.7. The van der Waals surface area contributed by atoms with E-state index >= 15 is 0 Å². The minimum Gasteiger partial charge on any atom is -0.395 e. The molecular formula is C23H22O6P. The van der Waals surface area contributed by atoms with E-state index < -0.39 is 25.3 Å². The number of carbonyl (C=O) groups excluding carboxylic acids is 1. The molecule has 3 aromatic carbocycles. The first kappa shape index (κ1) is 21.6. The molecule has 0 aliphatic rings. The van der Waals surface area contributed by atoms with Crippen LogP contribution in [0.2, 0.25) is 0 Å². The molecule has 0 aromatic heterocycles. The van der Waals surface area contributed by atoms with Gasteiger partial charge in [-0.3, -0.25) is 4.52 Å². The summed E-state index contributed by atoms with van der Waals surface area (Å²) >= 11 is 0. The minimum absolute atomic E-state index is 0.259. The van der Waals surface area contributed by atoms with E-state index in [2.05, 4.69) is 0 Å². The Bertz CT molecular complexity index is 960. The fraction of sp³-hybridized carbons (Fsp3) is 0.174. The molecule has 0 aliphatic heterocycles. The Morgan fingerprint density at radius 1 is 0.767 bits per heavy atom. The predicted octanol–water partition coefficient (Wildman–Crippen LogP) is 5.99. The molecule has 0 N–H and O–H groups in total. The van der Waals surface area contributed by atoms with Crippen LogP contribution in [0.4, 0.5) is 0 Å². The highest BCUT2D eigenvalue weighted by Gasteiger charge is 2.46. The molecule has 0 heterocycles. The van der Waals surface area contributed by atoms with Crippen LogP contribution in [0.1, 0.15) is 25.5 Å². The van der Waals surface area contributed by atoms with Crippen molar-refractivity contribution in [1.82, 2.24) is 0 Å². The third-order valence-corrected chi connectivity index (χ3v) is 5.78. The zero-order valence-electron chi connectivity index (χ0n) is 16.6. The quantitative estimate of drug-likeness (QED) is 0.393. The largest absolute Gasteiger partial charge is 0.588 e. The second-order valence-electron chi connectivity index (χ2n) is 7.16. The smallest absolute Gasteiger partial charge is 0.395 e. The number of benzene rings is 3. The van der Waals surface area contributed by atoms with Crippen molar-refractivity contribution >= 4 is 13.8 Å². The summed E-state index contributed by atoms with van der Waals surface area (Å²) in [6.45, 7) is 2.88. The molecule has 1 unspecified atom stereocenters. The van der Waals surface area contributed by atoms with E-state index in [1.807, 2.05) is 0 Å². The average molecular weight is 425 g/mol. The van der Waals surface area contributed by atoms with Crippen LogP contribution < -0.4 is 9.05 Å². The van der Waals surface area contributed by atoms with Crippen LogP contribution in [0.25, 0.3) is 0 Å². The Hall–Kier alpha value is -3.08. The summed E-state index contributed by atoms with van der Waals surface area (Å²) in [6, 6.07) is 25.4. The van der Waals surface area contributed by atoms with Crippen molar-refractivity contribution in [3.8, 4) is 11.5 Å². The standard InChI is InChI=1S/C23H22O6P/c1-23(2,22(24)25)21(18-12-6-3-7-13-18)29-30(26,27-19-14-8-4-9-15-19)28-20-16-10-5-11-17-20/h3-17,21H,1-2H3. The first-order valence-corrected chi connectivity index (χ1v) is 10.8. The lowest BCUT2D eigenvalue weighted by Gasteiger charge is -2.32. The van der Waals surface area contributed by atoms with Crippen molar-refractivity contribution in [2.45, 2.75) is 20.0 Å². The van der Waals surface area contributed by atoms with Gasteiger partial charge >= 0.3 is 13.8 Å². The van der Waals surface area contributed by atoms with Crippen LogP contribution in [0, 0.1) is 5.41 Å². The first-order valence-electron chi connectivity index (χ1n) is 9.34. The molecule has 0 bridgehead atoms. The van der Waals surface area contributed by atoms with Gasteiger partial charge in [0, 0.05) is 0 Å². The van der Waals surface area contributed by atoms with Crippen LogP contribution >= 0.6 is 7.82 Å². The highest BCUT2D eigenvalue weighted by Crippen LogP contribution is 2.56. The maximum atomic E-state index is 13.7. The van der Waals surface area contributed by atoms with E-state index in [0.717, 1.165) is 0 Å². The van der Waals surface area contributed by atoms with Gasteiger partial charge in [0.2, 0.25) is 0 Å². The Morgan fingerprint density at radius 2 is 1.17 bits per heavy atom. The molecule has 1 radical (unpaired) electrons. The van der Waals surface area contributed by atoms with Crippen molar-refractivity contribution < 1.29 is 28.0 Å². The Labute approximate surface area is 175 Å². The Kier molecular flexibility index (Phi) is 6.60. The minimum atomic E-state index is -4.31. The SMILES string of the molecule is CC(C)(C([O])=O)C(OP(=O)(Oc1ccccc1)Oc1ccccc1)c1ccccc1. The number of rotatable bonds is 9.